The number of urea groups is 1. The van der Waals surface area contributed by atoms with Crippen LogP contribution in [0.25, 0.3) is 0 Å². The molecule has 1 atom stereocenters. The summed E-state index contributed by atoms with van der Waals surface area (Å²) in [5.41, 5.74) is 1.33. The molecule has 1 rings (SSSR count). The highest BCUT2D eigenvalue weighted by molar-refractivity contribution is 7.98. The zero-order valence-corrected chi connectivity index (χ0v) is 12.7. The van der Waals surface area contributed by atoms with Crippen molar-refractivity contribution < 1.29 is 14.7 Å². The van der Waals surface area contributed by atoms with Crippen molar-refractivity contribution in [3.8, 4) is 0 Å². The van der Waals surface area contributed by atoms with Crippen molar-refractivity contribution in [3.63, 3.8) is 0 Å². The van der Waals surface area contributed by atoms with Crippen LogP contribution < -0.4 is 10.6 Å². The van der Waals surface area contributed by atoms with E-state index in [4.69, 9.17) is 5.11 Å². The number of aryl methyl sites for hydroxylation is 1. The lowest BCUT2D eigenvalue weighted by Gasteiger charge is -2.12. The Morgan fingerprint density at radius 2 is 2.10 bits per heavy atom. The molecule has 0 aliphatic rings. The van der Waals surface area contributed by atoms with Gasteiger partial charge in [-0.25, -0.2) is 9.59 Å². The Morgan fingerprint density at radius 3 is 2.70 bits per heavy atom. The fourth-order valence-corrected chi connectivity index (χ4v) is 2.40. The molecule has 0 saturated heterocycles. The molecule has 0 aromatic heterocycles. The molecule has 0 saturated carbocycles. The number of anilines is 1. The predicted octanol–water partition coefficient (Wildman–Crippen LogP) is 2.81. The molecule has 2 amide bonds. The minimum atomic E-state index is -1.000. The number of amides is 2. The Morgan fingerprint density at radius 1 is 1.40 bits per heavy atom. The van der Waals surface area contributed by atoms with Crippen molar-refractivity contribution >= 4 is 29.4 Å². The Kier molecular flexibility index (Phi) is 6.38. The van der Waals surface area contributed by atoms with Gasteiger partial charge in [0.1, 0.15) is 0 Å². The summed E-state index contributed by atoms with van der Waals surface area (Å²) < 4.78 is 0. The number of carboxylic acids is 1. The summed E-state index contributed by atoms with van der Waals surface area (Å²) in [5.74, 6) is 0.372. The summed E-state index contributed by atoms with van der Waals surface area (Å²) in [4.78, 5) is 22.7. The van der Waals surface area contributed by atoms with Gasteiger partial charge in [0.25, 0.3) is 0 Å². The van der Waals surface area contributed by atoms with E-state index in [1.807, 2.05) is 6.26 Å². The van der Waals surface area contributed by atoms with Gasteiger partial charge in [-0.2, -0.15) is 11.8 Å². The average molecular weight is 296 g/mol. The highest BCUT2D eigenvalue weighted by Crippen LogP contribution is 2.15. The maximum absolute atomic E-state index is 11.7. The molecule has 6 heteroatoms. The average Bonchev–Trinajstić information content (AvgIpc) is 2.39. The number of nitrogens with one attached hydrogen (secondary N) is 2. The second-order valence-corrected chi connectivity index (χ2v) is 5.64. The van der Waals surface area contributed by atoms with Gasteiger partial charge >= 0.3 is 12.0 Å². The van der Waals surface area contributed by atoms with Crippen LogP contribution in [0.1, 0.15) is 22.8 Å². The van der Waals surface area contributed by atoms with Gasteiger partial charge in [0.05, 0.1) is 5.56 Å². The number of hydrogen-bond acceptors (Lipinski definition) is 3. The van der Waals surface area contributed by atoms with Crippen LogP contribution in [0, 0.1) is 12.8 Å². The fourth-order valence-electron chi connectivity index (χ4n) is 1.72. The number of carbonyl (C=O) groups excluding carboxylic acids is 1. The fraction of sp³-hybridized carbons (Fsp3) is 0.429. The van der Waals surface area contributed by atoms with E-state index in [1.165, 1.54) is 6.07 Å². The summed E-state index contributed by atoms with van der Waals surface area (Å²) in [6.07, 6.45) is 2.02. The number of carboxylic acid groups (broad SMARTS) is 1. The van der Waals surface area contributed by atoms with Crippen LogP contribution in [-0.2, 0) is 0 Å². The third kappa shape index (κ3) is 5.13. The Labute approximate surface area is 123 Å². The lowest BCUT2D eigenvalue weighted by molar-refractivity contribution is 0.0696. The summed E-state index contributed by atoms with van der Waals surface area (Å²) in [6.45, 7) is 4.37. The molecule has 0 radical (unpaired) electrons. The topological polar surface area (TPSA) is 78.4 Å². The van der Waals surface area contributed by atoms with Crippen LogP contribution in [-0.4, -0.2) is 35.7 Å². The van der Waals surface area contributed by atoms with Crippen LogP contribution in [0.5, 0.6) is 0 Å². The SMILES string of the molecule is CSCC(C)CNC(=O)Nc1ccc(C)c(C(=O)O)c1. The van der Waals surface area contributed by atoms with Crippen LogP contribution in [0.4, 0.5) is 10.5 Å². The monoisotopic (exact) mass is 296 g/mol. The summed E-state index contributed by atoms with van der Waals surface area (Å²) in [7, 11) is 0. The minimum absolute atomic E-state index is 0.193. The molecule has 0 aliphatic heterocycles. The van der Waals surface area contributed by atoms with Gasteiger partial charge < -0.3 is 15.7 Å². The molecule has 1 aromatic rings. The molecule has 1 unspecified atom stereocenters. The van der Waals surface area contributed by atoms with Gasteiger partial charge in [0, 0.05) is 12.2 Å². The molecule has 20 heavy (non-hydrogen) atoms. The molecule has 0 bridgehead atoms. The first kappa shape index (κ1) is 16.4. The second kappa shape index (κ2) is 7.79. The van der Waals surface area contributed by atoms with Crippen LogP contribution in [0.3, 0.4) is 0 Å². The number of hydrogen-bond donors (Lipinski definition) is 3. The maximum atomic E-state index is 11.7. The molecule has 0 heterocycles. The van der Waals surface area contributed by atoms with E-state index in [-0.39, 0.29) is 11.6 Å². The van der Waals surface area contributed by atoms with Crippen LogP contribution >= 0.6 is 11.8 Å². The lowest BCUT2D eigenvalue weighted by atomic mass is 10.1. The zero-order chi connectivity index (χ0) is 15.1. The van der Waals surface area contributed by atoms with Gasteiger partial charge in [0.2, 0.25) is 0 Å². The van der Waals surface area contributed by atoms with Gasteiger partial charge in [-0.3, -0.25) is 0 Å². The first-order valence-corrected chi connectivity index (χ1v) is 7.71. The van der Waals surface area contributed by atoms with Crippen molar-refractivity contribution in [2.75, 3.05) is 23.9 Å². The Bertz CT molecular complexity index is 491. The lowest BCUT2D eigenvalue weighted by Crippen LogP contribution is -2.33. The third-order valence-electron chi connectivity index (χ3n) is 2.79. The van der Waals surface area contributed by atoms with E-state index >= 15 is 0 Å². The number of carbonyl (C=O) groups is 2. The Hall–Kier alpha value is -1.69. The van der Waals surface area contributed by atoms with Gasteiger partial charge in [-0.15, -0.1) is 0 Å². The summed E-state index contributed by atoms with van der Waals surface area (Å²) in [5, 5.41) is 14.4. The smallest absolute Gasteiger partial charge is 0.336 e. The van der Waals surface area contributed by atoms with E-state index < -0.39 is 5.97 Å². The molecule has 5 nitrogen and oxygen atoms in total. The molecule has 110 valence electrons. The standard InChI is InChI=1S/C14H20N2O3S/c1-9(8-20-3)7-15-14(19)16-11-5-4-10(2)12(6-11)13(17)18/h4-6,9H,7-8H2,1-3H3,(H,17,18)(H2,15,16,19). The van der Waals surface area contributed by atoms with E-state index in [0.29, 0.717) is 23.7 Å². The van der Waals surface area contributed by atoms with E-state index in [0.717, 1.165) is 5.75 Å². The first-order valence-electron chi connectivity index (χ1n) is 6.31. The second-order valence-electron chi connectivity index (χ2n) is 4.73. The quantitative estimate of drug-likeness (QED) is 0.754. The van der Waals surface area contributed by atoms with Crippen molar-refractivity contribution in [2.24, 2.45) is 5.92 Å². The molecular formula is C14H20N2O3S. The summed E-state index contributed by atoms with van der Waals surface area (Å²) in [6, 6.07) is 4.50. The number of thioether (sulfide) groups is 1. The van der Waals surface area contributed by atoms with E-state index in [9.17, 15) is 9.59 Å². The highest BCUT2D eigenvalue weighted by Gasteiger charge is 2.10. The third-order valence-corrected chi connectivity index (χ3v) is 3.69. The molecule has 0 spiro atoms. The molecule has 0 fully saturated rings. The van der Waals surface area contributed by atoms with Crippen LogP contribution in [0.15, 0.2) is 18.2 Å². The number of rotatable bonds is 6. The zero-order valence-electron chi connectivity index (χ0n) is 11.9. The van der Waals surface area contributed by atoms with Crippen LogP contribution in [0.2, 0.25) is 0 Å². The molecule has 3 N–H and O–H groups in total. The van der Waals surface area contributed by atoms with Crippen molar-refractivity contribution in [1.82, 2.24) is 5.32 Å². The predicted molar refractivity (Wildman–Crippen MR) is 82.7 cm³/mol. The van der Waals surface area contributed by atoms with Crippen molar-refractivity contribution in [3.05, 3.63) is 29.3 Å². The molecule has 1 aromatic carbocycles. The maximum Gasteiger partial charge on any atom is 0.336 e. The largest absolute Gasteiger partial charge is 0.478 e. The van der Waals surface area contributed by atoms with Gasteiger partial charge in [-0.1, -0.05) is 13.0 Å². The highest BCUT2D eigenvalue weighted by atomic mass is 32.2. The normalized spacial score (nSPS) is 11.8. The van der Waals surface area contributed by atoms with Gasteiger partial charge in [-0.05, 0) is 42.5 Å². The Balaban J connectivity index is 2.58. The van der Waals surface area contributed by atoms with Crippen molar-refractivity contribution in [1.29, 1.82) is 0 Å². The van der Waals surface area contributed by atoms with Crippen molar-refractivity contribution in [2.45, 2.75) is 13.8 Å². The van der Waals surface area contributed by atoms with E-state index in [2.05, 4.69) is 17.6 Å². The molecule has 0 aliphatic carbocycles. The number of benzene rings is 1. The van der Waals surface area contributed by atoms with E-state index in [1.54, 1.807) is 30.8 Å². The number of aromatic carboxylic acids is 1. The molecular weight excluding hydrogens is 276 g/mol. The summed E-state index contributed by atoms with van der Waals surface area (Å²) >= 11 is 1.74. The van der Waals surface area contributed by atoms with Gasteiger partial charge in [0.15, 0.2) is 0 Å². The minimum Gasteiger partial charge on any atom is -0.478 e. The first-order chi connectivity index (χ1) is 9.43.